The second-order valence-electron chi connectivity index (χ2n) is 3.21. The summed E-state index contributed by atoms with van der Waals surface area (Å²) in [6.07, 6.45) is 5.09. The van der Waals surface area contributed by atoms with Crippen LogP contribution in [0.3, 0.4) is 0 Å². The Labute approximate surface area is 85.4 Å². The maximum atomic E-state index is 5.40. The average molecular weight is 191 g/mol. The van der Waals surface area contributed by atoms with Crippen molar-refractivity contribution >= 4 is 6.08 Å². The molecular weight excluding hydrogens is 174 g/mol. The van der Waals surface area contributed by atoms with Gasteiger partial charge in [-0.05, 0) is 43.1 Å². The van der Waals surface area contributed by atoms with Gasteiger partial charge in [-0.15, -0.1) is 0 Å². The van der Waals surface area contributed by atoms with Gasteiger partial charge in [0.1, 0.15) is 5.75 Å². The van der Waals surface area contributed by atoms with Crippen LogP contribution in [0.2, 0.25) is 0 Å². The predicted molar refractivity (Wildman–Crippen MR) is 60.4 cm³/mol. The molecule has 0 bridgehead atoms. The number of rotatable bonds is 4. The first-order valence-electron chi connectivity index (χ1n) is 4.79. The van der Waals surface area contributed by atoms with Gasteiger partial charge in [-0.1, -0.05) is 18.2 Å². The van der Waals surface area contributed by atoms with Crippen LogP contribution in [0.15, 0.2) is 24.3 Å². The Balaban J connectivity index is 2.76. The summed E-state index contributed by atoms with van der Waals surface area (Å²) in [6, 6.07) is 6.13. The number of benzene rings is 1. The highest BCUT2D eigenvalue weighted by molar-refractivity contribution is 5.53. The number of nitrogens with two attached hydrogens (primary N) is 1. The van der Waals surface area contributed by atoms with Crippen LogP contribution >= 0.6 is 0 Å². The molecule has 14 heavy (non-hydrogen) atoms. The summed E-state index contributed by atoms with van der Waals surface area (Å²) >= 11 is 0. The van der Waals surface area contributed by atoms with Crippen molar-refractivity contribution in [3.8, 4) is 5.75 Å². The molecule has 0 atom stereocenters. The van der Waals surface area contributed by atoms with Crippen molar-refractivity contribution in [1.29, 1.82) is 0 Å². The summed E-state index contributed by atoms with van der Waals surface area (Å²) in [5.41, 5.74) is 7.74. The summed E-state index contributed by atoms with van der Waals surface area (Å²) in [5.74, 6) is 0.931. The third-order valence-electron chi connectivity index (χ3n) is 2.06. The minimum Gasteiger partial charge on any atom is -0.496 e. The Bertz CT molecular complexity index is 318. The van der Waals surface area contributed by atoms with Gasteiger partial charge >= 0.3 is 0 Å². The lowest BCUT2D eigenvalue weighted by Gasteiger charge is -2.04. The summed E-state index contributed by atoms with van der Waals surface area (Å²) < 4.78 is 5.18. The first-order chi connectivity index (χ1) is 6.77. The van der Waals surface area contributed by atoms with Crippen LogP contribution in [-0.4, -0.2) is 13.7 Å². The smallest absolute Gasteiger partial charge is 0.121 e. The summed E-state index contributed by atoms with van der Waals surface area (Å²) in [4.78, 5) is 0. The lowest BCUT2D eigenvalue weighted by atomic mass is 10.1. The SMILES string of the molecule is COc1ccc(C=CCCN)cc1C. The number of aryl methyl sites for hydroxylation is 1. The van der Waals surface area contributed by atoms with Gasteiger partial charge in [-0.3, -0.25) is 0 Å². The number of ether oxygens (including phenoxy) is 1. The van der Waals surface area contributed by atoms with Crippen molar-refractivity contribution in [3.63, 3.8) is 0 Å². The minimum atomic E-state index is 0.700. The van der Waals surface area contributed by atoms with Gasteiger partial charge in [0.05, 0.1) is 7.11 Å². The largest absolute Gasteiger partial charge is 0.496 e. The maximum Gasteiger partial charge on any atom is 0.121 e. The molecule has 1 aromatic carbocycles. The molecule has 1 rings (SSSR count). The van der Waals surface area contributed by atoms with Crippen LogP contribution in [0.25, 0.3) is 6.08 Å². The molecule has 0 fully saturated rings. The van der Waals surface area contributed by atoms with Gasteiger partial charge in [0.15, 0.2) is 0 Å². The van der Waals surface area contributed by atoms with Crippen LogP contribution in [0.4, 0.5) is 0 Å². The molecule has 2 nitrogen and oxygen atoms in total. The zero-order valence-corrected chi connectivity index (χ0v) is 8.79. The number of methoxy groups -OCH3 is 1. The zero-order valence-electron chi connectivity index (χ0n) is 8.79. The van der Waals surface area contributed by atoms with Gasteiger partial charge in [0, 0.05) is 0 Å². The van der Waals surface area contributed by atoms with E-state index in [1.807, 2.05) is 19.1 Å². The van der Waals surface area contributed by atoms with Crippen molar-refractivity contribution < 1.29 is 4.74 Å². The Morgan fingerprint density at radius 1 is 1.43 bits per heavy atom. The first kappa shape index (κ1) is 10.8. The van der Waals surface area contributed by atoms with Crippen molar-refractivity contribution in [2.24, 2.45) is 5.73 Å². The molecule has 0 aliphatic carbocycles. The number of hydrogen-bond acceptors (Lipinski definition) is 2. The molecule has 2 N–H and O–H groups in total. The van der Waals surface area contributed by atoms with Crippen LogP contribution in [0.5, 0.6) is 5.75 Å². The molecule has 0 saturated carbocycles. The van der Waals surface area contributed by atoms with E-state index < -0.39 is 0 Å². The van der Waals surface area contributed by atoms with E-state index in [0.29, 0.717) is 6.54 Å². The molecule has 0 unspecified atom stereocenters. The fraction of sp³-hybridized carbons (Fsp3) is 0.333. The van der Waals surface area contributed by atoms with Gasteiger partial charge in [-0.25, -0.2) is 0 Å². The number of hydrogen-bond donors (Lipinski definition) is 1. The highest BCUT2D eigenvalue weighted by Gasteiger charge is 1.96. The van der Waals surface area contributed by atoms with E-state index in [4.69, 9.17) is 10.5 Å². The van der Waals surface area contributed by atoms with Crippen LogP contribution in [-0.2, 0) is 0 Å². The molecule has 0 aliphatic rings. The molecule has 0 radical (unpaired) electrons. The van der Waals surface area contributed by atoms with Gasteiger partial charge in [0.2, 0.25) is 0 Å². The van der Waals surface area contributed by atoms with E-state index in [1.54, 1.807) is 7.11 Å². The summed E-state index contributed by atoms with van der Waals surface area (Å²) in [6.45, 7) is 2.74. The van der Waals surface area contributed by atoms with E-state index in [9.17, 15) is 0 Å². The molecule has 76 valence electrons. The Morgan fingerprint density at radius 3 is 2.79 bits per heavy atom. The molecule has 0 aromatic heterocycles. The second kappa shape index (κ2) is 5.45. The quantitative estimate of drug-likeness (QED) is 0.793. The van der Waals surface area contributed by atoms with Crippen molar-refractivity contribution in [2.75, 3.05) is 13.7 Å². The molecule has 0 saturated heterocycles. The zero-order chi connectivity index (χ0) is 10.4. The molecule has 2 heteroatoms. The first-order valence-corrected chi connectivity index (χ1v) is 4.79. The van der Waals surface area contributed by atoms with Crippen molar-refractivity contribution in [2.45, 2.75) is 13.3 Å². The van der Waals surface area contributed by atoms with E-state index in [0.717, 1.165) is 17.7 Å². The molecule has 1 aromatic rings. The van der Waals surface area contributed by atoms with Crippen LogP contribution in [0.1, 0.15) is 17.5 Å². The molecule has 0 spiro atoms. The van der Waals surface area contributed by atoms with E-state index in [-0.39, 0.29) is 0 Å². The fourth-order valence-electron chi connectivity index (χ4n) is 1.32. The Morgan fingerprint density at radius 2 is 2.21 bits per heavy atom. The fourth-order valence-corrected chi connectivity index (χ4v) is 1.32. The maximum absolute atomic E-state index is 5.40. The lowest BCUT2D eigenvalue weighted by molar-refractivity contribution is 0.411. The minimum absolute atomic E-state index is 0.700. The third kappa shape index (κ3) is 2.89. The van der Waals surface area contributed by atoms with Crippen LogP contribution in [0, 0.1) is 6.92 Å². The standard InChI is InChI=1S/C12H17NO/c1-10-9-11(5-3-4-8-13)6-7-12(10)14-2/h3,5-7,9H,4,8,13H2,1-2H3. The van der Waals surface area contributed by atoms with Crippen molar-refractivity contribution in [3.05, 3.63) is 35.4 Å². The van der Waals surface area contributed by atoms with Crippen molar-refractivity contribution in [1.82, 2.24) is 0 Å². The topological polar surface area (TPSA) is 35.2 Å². The highest BCUT2D eigenvalue weighted by Crippen LogP contribution is 2.19. The van der Waals surface area contributed by atoms with E-state index >= 15 is 0 Å². The van der Waals surface area contributed by atoms with Gasteiger partial charge < -0.3 is 10.5 Å². The van der Waals surface area contributed by atoms with Crippen LogP contribution < -0.4 is 10.5 Å². The Hall–Kier alpha value is -1.28. The van der Waals surface area contributed by atoms with E-state index in [1.165, 1.54) is 5.56 Å². The predicted octanol–water partition coefficient (Wildman–Crippen LogP) is 2.37. The van der Waals surface area contributed by atoms with Gasteiger partial charge in [-0.2, -0.15) is 0 Å². The van der Waals surface area contributed by atoms with E-state index in [2.05, 4.69) is 18.2 Å². The molecular formula is C12H17NO. The Kier molecular flexibility index (Phi) is 4.20. The molecule has 0 heterocycles. The van der Waals surface area contributed by atoms with Gasteiger partial charge in [0.25, 0.3) is 0 Å². The lowest BCUT2D eigenvalue weighted by Crippen LogP contribution is -1.95. The molecule has 0 aliphatic heterocycles. The normalized spacial score (nSPS) is 10.8. The molecule has 0 amide bonds. The highest BCUT2D eigenvalue weighted by atomic mass is 16.5. The average Bonchev–Trinajstić information content (AvgIpc) is 2.18. The second-order valence-corrected chi connectivity index (χ2v) is 3.21. The monoisotopic (exact) mass is 191 g/mol. The summed E-state index contributed by atoms with van der Waals surface area (Å²) in [7, 11) is 1.69. The summed E-state index contributed by atoms with van der Waals surface area (Å²) in [5, 5.41) is 0. The third-order valence-corrected chi connectivity index (χ3v) is 2.06.